The van der Waals surface area contributed by atoms with E-state index in [1.54, 1.807) is 18.2 Å². The second kappa shape index (κ2) is 11.8. The number of aliphatic hydroxyl groups is 2. The van der Waals surface area contributed by atoms with Crippen molar-refractivity contribution in [1.29, 1.82) is 0 Å². The molecule has 1 aliphatic heterocycles. The molecule has 0 fully saturated rings. The molecule has 4 atom stereocenters. The van der Waals surface area contributed by atoms with E-state index in [1.165, 1.54) is 30.6 Å². The normalized spacial score (nSPS) is 20.9. The largest absolute Gasteiger partial charge is 0.493 e. The van der Waals surface area contributed by atoms with Crippen molar-refractivity contribution in [3.05, 3.63) is 95.0 Å². The van der Waals surface area contributed by atoms with Crippen LogP contribution in [0, 0.1) is 0 Å². The highest BCUT2D eigenvalue weighted by atomic mass is 16.5. The number of hydrogen-bond acceptors (Lipinski definition) is 8. The van der Waals surface area contributed by atoms with Crippen molar-refractivity contribution in [1.82, 2.24) is 10.2 Å². The van der Waals surface area contributed by atoms with E-state index in [9.17, 15) is 24.6 Å². The molecule has 4 unspecified atom stereocenters. The molecular formula is C30H30N2O8. The number of fused-ring (bicyclic) bond motifs is 3. The third-order valence-corrected chi connectivity index (χ3v) is 7.22. The smallest absolute Gasteiger partial charge is 0.247 e. The molecule has 3 N–H and O–H groups in total. The molecule has 1 aromatic heterocycles. The Morgan fingerprint density at radius 1 is 1.15 bits per heavy atom. The second-order valence-electron chi connectivity index (χ2n) is 9.72. The number of carbonyl (C=O) groups is 3. The van der Waals surface area contributed by atoms with E-state index >= 15 is 0 Å². The summed E-state index contributed by atoms with van der Waals surface area (Å²) in [5, 5.41) is 23.7. The van der Waals surface area contributed by atoms with Gasteiger partial charge in [0.1, 0.15) is 18.5 Å². The molecule has 0 saturated carbocycles. The van der Waals surface area contributed by atoms with Crippen LogP contribution in [0.2, 0.25) is 0 Å². The number of rotatable bonds is 10. The Labute approximate surface area is 230 Å². The quantitative estimate of drug-likeness (QED) is 0.328. The monoisotopic (exact) mass is 546 g/mol. The van der Waals surface area contributed by atoms with Gasteiger partial charge in [-0.05, 0) is 29.8 Å². The number of nitrogens with zero attached hydrogens (tertiary/aromatic N) is 1. The third-order valence-electron chi connectivity index (χ3n) is 7.22. The van der Waals surface area contributed by atoms with Crippen LogP contribution in [0.15, 0.2) is 77.1 Å². The number of aliphatic hydroxyl groups excluding tert-OH is 2. The minimum atomic E-state index is -1.23. The topological polar surface area (TPSA) is 139 Å². The zero-order valence-corrected chi connectivity index (χ0v) is 21.9. The van der Waals surface area contributed by atoms with Crippen molar-refractivity contribution in [2.45, 2.75) is 37.1 Å². The first-order valence-corrected chi connectivity index (χ1v) is 12.9. The van der Waals surface area contributed by atoms with Crippen LogP contribution >= 0.6 is 0 Å². The molecule has 0 radical (unpaired) electrons. The van der Waals surface area contributed by atoms with Gasteiger partial charge < -0.3 is 34.3 Å². The van der Waals surface area contributed by atoms with Gasteiger partial charge in [-0.2, -0.15) is 0 Å². The van der Waals surface area contributed by atoms with Crippen molar-refractivity contribution in [3.8, 4) is 11.5 Å². The molecule has 0 spiro atoms. The highest BCUT2D eigenvalue weighted by Gasteiger charge is 2.51. The first kappa shape index (κ1) is 27.2. The lowest BCUT2D eigenvalue weighted by molar-refractivity contribution is -0.137. The number of carbonyl (C=O) groups excluding carboxylic acids is 3. The van der Waals surface area contributed by atoms with Gasteiger partial charge in [0.05, 0.1) is 44.6 Å². The fourth-order valence-electron chi connectivity index (χ4n) is 5.37. The van der Waals surface area contributed by atoms with Gasteiger partial charge in [-0.1, -0.05) is 30.3 Å². The third kappa shape index (κ3) is 5.23. The maximum Gasteiger partial charge on any atom is 0.247 e. The summed E-state index contributed by atoms with van der Waals surface area (Å²) in [7, 11) is 1.44. The number of aldehydes is 1. The average molecular weight is 547 g/mol. The number of benzene rings is 2. The molecule has 208 valence electrons. The summed E-state index contributed by atoms with van der Waals surface area (Å²) >= 11 is 0. The number of methoxy groups -OCH3 is 1. The Kier molecular flexibility index (Phi) is 7.99. The Hall–Kier alpha value is -4.41. The average Bonchev–Trinajstić information content (AvgIpc) is 3.63. The summed E-state index contributed by atoms with van der Waals surface area (Å²) in [5.74, 6) is -0.873. The predicted molar refractivity (Wildman–Crippen MR) is 143 cm³/mol. The minimum absolute atomic E-state index is 0.0118. The fraction of sp³-hybridized carbons (Fsp3) is 0.300. The van der Waals surface area contributed by atoms with E-state index in [0.717, 1.165) is 5.56 Å². The van der Waals surface area contributed by atoms with Gasteiger partial charge in [0.15, 0.2) is 11.5 Å². The lowest BCUT2D eigenvalue weighted by Gasteiger charge is -2.40. The number of ether oxygens (including phenoxy) is 2. The lowest BCUT2D eigenvalue weighted by Crippen LogP contribution is -2.55. The van der Waals surface area contributed by atoms with Crippen LogP contribution in [-0.4, -0.2) is 71.7 Å². The van der Waals surface area contributed by atoms with Gasteiger partial charge >= 0.3 is 0 Å². The minimum Gasteiger partial charge on any atom is -0.493 e. The predicted octanol–water partition coefficient (Wildman–Crippen LogP) is 1.99. The highest BCUT2D eigenvalue weighted by molar-refractivity contribution is 5.96. The summed E-state index contributed by atoms with van der Waals surface area (Å²) < 4.78 is 16.9. The Bertz CT molecular complexity index is 1400. The van der Waals surface area contributed by atoms with Crippen LogP contribution < -0.4 is 14.8 Å². The molecule has 1 aliphatic carbocycles. The van der Waals surface area contributed by atoms with Gasteiger partial charge in [-0.15, -0.1) is 0 Å². The van der Waals surface area contributed by atoms with Gasteiger partial charge in [0.2, 0.25) is 11.8 Å². The molecule has 2 aromatic carbocycles. The summed E-state index contributed by atoms with van der Waals surface area (Å²) in [5.41, 5.74) is 2.61. The van der Waals surface area contributed by atoms with E-state index in [-0.39, 0.29) is 37.6 Å². The van der Waals surface area contributed by atoms with Crippen LogP contribution in [-0.2, 0) is 22.6 Å². The molecular weight excluding hydrogens is 516 g/mol. The first-order chi connectivity index (χ1) is 19.4. The molecule has 3 aromatic rings. The van der Waals surface area contributed by atoms with Crippen molar-refractivity contribution in [3.63, 3.8) is 0 Å². The summed E-state index contributed by atoms with van der Waals surface area (Å²) in [6, 6.07) is 13.2. The first-order valence-electron chi connectivity index (χ1n) is 12.9. The maximum atomic E-state index is 13.7. The Balaban J connectivity index is 1.58. The van der Waals surface area contributed by atoms with Crippen LogP contribution in [0.5, 0.6) is 11.5 Å². The molecule has 0 saturated heterocycles. The van der Waals surface area contributed by atoms with Gasteiger partial charge in [0, 0.05) is 35.4 Å². The SMILES string of the molecule is COc1cc(C=O)cc2c1OC1C2C(C(=O)NCCO)=CC(N(Cc2ccoc2)C(=O)Cc2ccccc2)C1O. The molecule has 10 nitrogen and oxygen atoms in total. The zero-order chi connectivity index (χ0) is 28.2. The van der Waals surface area contributed by atoms with E-state index in [4.69, 9.17) is 13.9 Å². The van der Waals surface area contributed by atoms with Gasteiger partial charge in [-0.25, -0.2) is 0 Å². The van der Waals surface area contributed by atoms with Crippen LogP contribution in [0.25, 0.3) is 0 Å². The summed E-state index contributed by atoms with van der Waals surface area (Å²) in [6.07, 6.45) is 3.16. The lowest BCUT2D eigenvalue weighted by atomic mass is 9.77. The molecule has 40 heavy (non-hydrogen) atoms. The van der Waals surface area contributed by atoms with Crippen molar-refractivity contribution < 1.29 is 38.5 Å². The maximum absolute atomic E-state index is 13.7. The number of amides is 2. The van der Waals surface area contributed by atoms with Gasteiger partial charge in [-0.3, -0.25) is 14.4 Å². The van der Waals surface area contributed by atoms with Crippen LogP contribution in [0.1, 0.15) is 33.0 Å². The van der Waals surface area contributed by atoms with E-state index in [0.29, 0.717) is 34.5 Å². The molecule has 10 heteroatoms. The summed E-state index contributed by atoms with van der Waals surface area (Å²) in [4.78, 5) is 40.3. The van der Waals surface area contributed by atoms with Crippen LogP contribution in [0.4, 0.5) is 0 Å². The second-order valence-corrected chi connectivity index (χ2v) is 9.72. The molecule has 2 amide bonds. The van der Waals surface area contributed by atoms with Crippen molar-refractivity contribution in [2.24, 2.45) is 0 Å². The van der Waals surface area contributed by atoms with E-state index in [1.807, 2.05) is 30.3 Å². The standard InChI is InChI=1S/C30H30N2O8/c1-38-24-12-20(16-34)11-21-26-22(30(37)31-8-9-33)14-23(27(36)29(26)40-28(21)24)32(15-19-7-10-39-17-19)25(35)13-18-5-3-2-4-6-18/h2-7,10-12,14,16-17,23,26-27,29,33,36H,8-9,13,15H2,1H3,(H,31,37). The summed E-state index contributed by atoms with van der Waals surface area (Å²) in [6.45, 7) is -0.135. The van der Waals surface area contributed by atoms with E-state index < -0.39 is 30.1 Å². The highest BCUT2D eigenvalue weighted by Crippen LogP contribution is 2.51. The number of furan rings is 1. The van der Waals surface area contributed by atoms with E-state index in [2.05, 4.69) is 5.32 Å². The molecule has 5 rings (SSSR count). The van der Waals surface area contributed by atoms with Crippen molar-refractivity contribution in [2.75, 3.05) is 20.3 Å². The number of hydrogen-bond donors (Lipinski definition) is 3. The fourth-order valence-corrected chi connectivity index (χ4v) is 5.37. The van der Waals surface area contributed by atoms with Gasteiger partial charge in [0.25, 0.3) is 0 Å². The van der Waals surface area contributed by atoms with Crippen molar-refractivity contribution >= 4 is 18.1 Å². The zero-order valence-electron chi connectivity index (χ0n) is 21.9. The number of nitrogens with one attached hydrogen (secondary N) is 1. The Morgan fingerprint density at radius 2 is 1.95 bits per heavy atom. The molecule has 2 heterocycles. The van der Waals surface area contributed by atoms with Crippen LogP contribution in [0.3, 0.4) is 0 Å². The molecule has 2 aliphatic rings. The molecule has 0 bridgehead atoms. The Morgan fingerprint density at radius 3 is 2.62 bits per heavy atom.